The lowest BCUT2D eigenvalue weighted by Crippen LogP contribution is -2.05. The summed E-state index contributed by atoms with van der Waals surface area (Å²) in [6.07, 6.45) is 0. The zero-order chi connectivity index (χ0) is 12.3. The van der Waals surface area contributed by atoms with Crippen LogP contribution in [0.1, 0.15) is 21.8 Å². The van der Waals surface area contributed by atoms with Crippen molar-refractivity contribution >= 4 is 5.97 Å². The van der Waals surface area contributed by atoms with Crippen molar-refractivity contribution in [3.63, 3.8) is 0 Å². The second-order valence-electron chi connectivity index (χ2n) is 3.47. The molecule has 17 heavy (non-hydrogen) atoms. The molecule has 5 heteroatoms. The van der Waals surface area contributed by atoms with E-state index in [2.05, 4.69) is 5.16 Å². The number of aryl methyl sites for hydroxylation is 1. The van der Waals surface area contributed by atoms with Crippen molar-refractivity contribution in [2.45, 2.75) is 13.5 Å². The van der Waals surface area contributed by atoms with E-state index in [9.17, 15) is 4.79 Å². The summed E-state index contributed by atoms with van der Waals surface area (Å²) in [7, 11) is 0. The summed E-state index contributed by atoms with van der Waals surface area (Å²) in [6, 6.07) is 9.11. The van der Waals surface area contributed by atoms with Gasteiger partial charge in [0, 0.05) is 0 Å². The molecule has 0 saturated carbocycles. The van der Waals surface area contributed by atoms with E-state index in [1.54, 1.807) is 19.1 Å². The van der Waals surface area contributed by atoms with E-state index in [4.69, 9.17) is 14.4 Å². The minimum absolute atomic E-state index is 0.0703. The normalized spacial score (nSPS) is 10.2. The lowest BCUT2D eigenvalue weighted by atomic mass is 10.2. The van der Waals surface area contributed by atoms with Crippen molar-refractivity contribution in [2.75, 3.05) is 0 Å². The van der Waals surface area contributed by atoms with E-state index in [1.807, 2.05) is 18.2 Å². The van der Waals surface area contributed by atoms with Crippen molar-refractivity contribution < 1.29 is 19.2 Å². The Kier molecular flexibility index (Phi) is 3.09. The van der Waals surface area contributed by atoms with Gasteiger partial charge in [-0.3, -0.25) is 0 Å². The fraction of sp³-hybridized carbons (Fsp3) is 0.167. The van der Waals surface area contributed by atoms with E-state index >= 15 is 0 Å². The first-order valence-electron chi connectivity index (χ1n) is 5.05. The molecule has 0 saturated heterocycles. The number of aromatic nitrogens is 1. The molecule has 2 aromatic rings. The minimum atomic E-state index is -1.06. The Bertz CT molecular complexity index is 519. The number of aromatic carboxylic acids is 1. The van der Waals surface area contributed by atoms with Crippen LogP contribution >= 0.6 is 0 Å². The predicted molar refractivity (Wildman–Crippen MR) is 59.0 cm³/mol. The number of carbonyl (C=O) groups is 1. The van der Waals surface area contributed by atoms with Crippen LogP contribution in [0.4, 0.5) is 0 Å². The van der Waals surface area contributed by atoms with Gasteiger partial charge in [-0.2, -0.15) is 0 Å². The molecule has 0 atom stereocenters. The average molecular weight is 233 g/mol. The van der Waals surface area contributed by atoms with Crippen LogP contribution in [0.5, 0.6) is 5.75 Å². The van der Waals surface area contributed by atoms with E-state index in [-0.39, 0.29) is 17.9 Å². The van der Waals surface area contributed by atoms with Crippen LogP contribution in [0.25, 0.3) is 0 Å². The van der Waals surface area contributed by atoms with E-state index < -0.39 is 5.97 Å². The zero-order valence-electron chi connectivity index (χ0n) is 9.21. The first kappa shape index (κ1) is 11.2. The number of ether oxygens (including phenoxy) is 1. The van der Waals surface area contributed by atoms with E-state index in [1.165, 1.54) is 0 Å². The molecule has 2 rings (SSSR count). The topological polar surface area (TPSA) is 72.6 Å². The van der Waals surface area contributed by atoms with Gasteiger partial charge < -0.3 is 14.4 Å². The molecule has 0 spiro atoms. The third kappa shape index (κ3) is 2.44. The molecule has 1 N–H and O–H groups in total. The molecule has 0 bridgehead atoms. The molecule has 1 aromatic carbocycles. The molecule has 0 amide bonds. The molecule has 1 heterocycles. The van der Waals surface area contributed by atoms with E-state index in [0.29, 0.717) is 11.4 Å². The Morgan fingerprint density at radius 2 is 2.12 bits per heavy atom. The Balaban J connectivity index is 2.12. The number of benzene rings is 1. The number of carboxylic acid groups (broad SMARTS) is 1. The van der Waals surface area contributed by atoms with Gasteiger partial charge in [-0.05, 0) is 19.1 Å². The lowest BCUT2D eigenvalue weighted by molar-refractivity contribution is 0.0692. The van der Waals surface area contributed by atoms with Gasteiger partial charge in [0.2, 0.25) is 0 Å². The number of para-hydroxylation sites is 1. The standard InChI is InChI=1S/C12H11NO4/c1-8-11(12(14)15)10(13-17-8)7-16-9-5-3-2-4-6-9/h2-6H,7H2,1H3,(H,14,15). The number of hydrogen-bond acceptors (Lipinski definition) is 4. The summed E-state index contributed by atoms with van der Waals surface area (Å²) in [5.41, 5.74) is 0.361. The van der Waals surface area contributed by atoms with Crippen molar-refractivity contribution in [1.82, 2.24) is 5.16 Å². The minimum Gasteiger partial charge on any atom is -0.487 e. The fourth-order valence-corrected chi connectivity index (χ4v) is 1.46. The average Bonchev–Trinajstić information content (AvgIpc) is 2.69. The molecular formula is C12H11NO4. The Morgan fingerprint density at radius 1 is 1.41 bits per heavy atom. The van der Waals surface area contributed by atoms with Gasteiger partial charge in [0.05, 0.1) is 0 Å². The maximum absolute atomic E-state index is 11.0. The van der Waals surface area contributed by atoms with Crippen LogP contribution in [-0.2, 0) is 6.61 Å². The summed E-state index contributed by atoms with van der Waals surface area (Å²) in [5.74, 6) is -0.121. The van der Waals surface area contributed by atoms with Gasteiger partial charge in [0.1, 0.15) is 29.4 Å². The molecule has 0 radical (unpaired) electrons. The molecule has 0 aliphatic rings. The predicted octanol–water partition coefficient (Wildman–Crippen LogP) is 2.26. The van der Waals surface area contributed by atoms with Crippen molar-refractivity contribution in [2.24, 2.45) is 0 Å². The number of nitrogens with zero attached hydrogens (tertiary/aromatic N) is 1. The summed E-state index contributed by atoms with van der Waals surface area (Å²) in [5, 5.41) is 12.6. The monoisotopic (exact) mass is 233 g/mol. The maximum atomic E-state index is 11.0. The Labute approximate surface area is 97.6 Å². The zero-order valence-corrected chi connectivity index (χ0v) is 9.21. The molecule has 88 valence electrons. The lowest BCUT2D eigenvalue weighted by Gasteiger charge is -2.03. The van der Waals surface area contributed by atoms with E-state index in [0.717, 1.165) is 0 Å². The summed E-state index contributed by atoms with van der Waals surface area (Å²) < 4.78 is 10.2. The van der Waals surface area contributed by atoms with Crippen LogP contribution in [-0.4, -0.2) is 16.2 Å². The SMILES string of the molecule is Cc1onc(COc2ccccc2)c1C(=O)O. The first-order chi connectivity index (χ1) is 8.18. The van der Waals surface area contributed by atoms with Crippen LogP contribution in [0.2, 0.25) is 0 Å². The Morgan fingerprint density at radius 3 is 2.76 bits per heavy atom. The largest absolute Gasteiger partial charge is 0.487 e. The second kappa shape index (κ2) is 4.69. The summed E-state index contributed by atoms with van der Waals surface area (Å²) in [6.45, 7) is 1.63. The van der Waals surface area contributed by atoms with Gasteiger partial charge in [0.15, 0.2) is 0 Å². The number of hydrogen-bond donors (Lipinski definition) is 1. The number of rotatable bonds is 4. The fourth-order valence-electron chi connectivity index (χ4n) is 1.46. The quantitative estimate of drug-likeness (QED) is 0.876. The van der Waals surface area contributed by atoms with Gasteiger partial charge in [-0.1, -0.05) is 23.4 Å². The summed E-state index contributed by atoms with van der Waals surface area (Å²) in [4.78, 5) is 11.0. The van der Waals surface area contributed by atoms with Crippen LogP contribution in [0.15, 0.2) is 34.9 Å². The van der Waals surface area contributed by atoms with Gasteiger partial charge in [-0.15, -0.1) is 0 Å². The molecule has 0 fully saturated rings. The highest BCUT2D eigenvalue weighted by Gasteiger charge is 2.19. The summed E-state index contributed by atoms with van der Waals surface area (Å²) >= 11 is 0. The molecule has 0 unspecified atom stereocenters. The maximum Gasteiger partial charge on any atom is 0.341 e. The van der Waals surface area contributed by atoms with Gasteiger partial charge in [-0.25, -0.2) is 4.79 Å². The Hall–Kier alpha value is -2.30. The van der Waals surface area contributed by atoms with Crippen LogP contribution in [0.3, 0.4) is 0 Å². The van der Waals surface area contributed by atoms with Gasteiger partial charge in [0.25, 0.3) is 0 Å². The smallest absolute Gasteiger partial charge is 0.341 e. The van der Waals surface area contributed by atoms with Crippen molar-refractivity contribution in [1.29, 1.82) is 0 Å². The first-order valence-corrected chi connectivity index (χ1v) is 5.05. The third-order valence-electron chi connectivity index (χ3n) is 2.27. The molecule has 5 nitrogen and oxygen atoms in total. The molecule has 0 aliphatic heterocycles. The highest BCUT2D eigenvalue weighted by atomic mass is 16.5. The van der Waals surface area contributed by atoms with Gasteiger partial charge >= 0.3 is 5.97 Å². The van der Waals surface area contributed by atoms with Crippen molar-refractivity contribution in [3.8, 4) is 5.75 Å². The molecular weight excluding hydrogens is 222 g/mol. The van der Waals surface area contributed by atoms with Crippen LogP contribution in [0, 0.1) is 6.92 Å². The number of carboxylic acids is 1. The highest BCUT2D eigenvalue weighted by Crippen LogP contribution is 2.16. The van der Waals surface area contributed by atoms with Crippen molar-refractivity contribution in [3.05, 3.63) is 47.3 Å². The van der Waals surface area contributed by atoms with Crippen LogP contribution < -0.4 is 4.74 Å². The molecule has 0 aliphatic carbocycles. The third-order valence-corrected chi connectivity index (χ3v) is 2.27. The highest BCUT2D eigenvalue weighted by molar-refractivity contribution is 5.89. The molecule has 1 aromatic heterocycles. The second-order valence-corrected chi connectivity index (χ2v) is 3.47.